The molecule has 1 aromatic heterocycles. The van der Waals surface area contributed by atoms with Crippen molar-refractivity contribution >= 4 is 33.3 Å². The van der Waals surface area contributed by atoms with Crippen molar-refractivity contribution in [1.29, 1.82) is 0 Å². The lowest BCUT2D eigenvalue weighted by molar-refractivity contribution is -0.136. The molecule has 1 amide bonds. The number of carbonyl (C=O) groups excluding carboxylic acids is 2. The summed E-state index contributed by atoms with van der Waals surface area (Å²) >= 11 is 3.34. The molecular weight excluding hydrogens is 284 g/mol. The molecule has 0 fully saturated rings. The zero-order valence-corrected chi connectivity index (χ0v) is 11.2. The highest BCUT2D eigenvalue weighted by molar-refractivity contribution is 9.10. The number of nitrogens with zero attached hydrogens (tertiary/aromatic N) is 2. The lowest BCUT2D eigenvalue weighted by Crippen LogP contribution is -2.42. The first kappa shape index (κ1) is 12.2. The summed E-state index contributed by atoms with van der Waals surface area (Å²) in [6, 6.07) is 1.85. The summed E-state index contributed by atoms with van der Waals surface area (Å²) in [4.78, 5) is 29.2. The number of hydrogen-bond donors (Lipinski definition) is 0. The van der Waals surface area contributed by atoms with E-state index in [0.29, 0.717) is 12.2 Å². The van der Waals surface area contributed by atoms with Crippen LogP contribution in [0.1, 0.15) is 25.5 Å². The van der Waals surface area contributed by atoms with Gasteiger partial charge in [0.05, 0.1) is 17.8 Å². The zero-order chi connectivity index (χ0) is 12.4. The van der Waals surface area contributed by atoms with Crippen LogP contribution in [0.2, 0.25) is 0 Å². The molecule has 0 aromatic carbocycles. The summed E-state index contributed by atoms with van der Waals surface area (Å²) in [6.07, 6.45) is 3.63. The summed E-state index contributed by atoms with van der Waals surface area (Å²) in [7, 11) is 0. The third kappa shape index (κ3) is 2.39. The van der Waals surface area contributed by atoms with Gasteiger partial charge in [-0.25, -0.2) is 0 Å². The number of ketones is 1. The summed E-state index contributed by atoms with van der Waals surface area (Å²) < 4.78 is 0.819. The molecule has 1 aliphatic heterocycles. The van der Waals surface area contributed by atoms with Crippen molar-refractivity contribution in [2.24, 2.45) is 0 Å². The van der Waals surface area contributed by atoms with Crippen LogP contribution in [-0.2, 0) is 16.0 Å². The van der Waals surface area contributed by atoms with E-state index in [1.54, 1.807) is 11.1 Å². The Hall–Kier alpha value is -1.23. The molecule has 0 saturated heterocycles. The van der Waals surface area contributed by atoms with Gasteiger partial charge < -0.3 is 4.90 Å². The van der Waals surface area contributed by atoms with Gasteiger partial charge in [0.15, 0.2) is 0 Å². The van der Waals surface area contributed by atoms with Gasteiger partial charge in [0.25, 0.3) is 5.91 Å². The number of pyridine rings is 1. The second-order valence-corrected chi connectivity index (χ2v) is 4.95. The van der Waals surface area contributed by atoms with Gasteiger partial charge in [0.1, 0.15) is 0 Å². The fraction of sp³-hybridized carbons (Fsp3) is 0.417. The standard InChI is InChI=1S/C12H13BrN2O2/c1-2-3-4-15-10-5-8(13)7-14-9(10)6-11(16)12(15)17/h5,7H,2-4,6H2,1H3. The van der Waals surface area contributed by atoms with Crippen LogP contribution in [0.15, 0.2) is 16.7 Å². The number of amides is 1. The van der Waals surface area contributed by atoms with E-state index in [9.17, 15) is 9.59 Å². The topological polar surface area (TPSA) is 50.3 Å². The van der Waals surface area contributed by atoms with E-state index < -0.39 is 5.91 Å². The monoisotopic (exact) mass is 296 g/mol. The molecule has 0 atom stereocenters. The molecule has 4 nitrogen and oxygen atoms in total. The van der Waals surface area contributed by atoms with Gasteiger partial charge in [-0.2, -0.15) is 0 Å². The van der Waals surface area contributed by atoms with Gasteiger partial charge in [-0.15, -0.1) is 0 Å². The van der Waals surface area contributed by atoms with Crippen LogP contribution in [0.3, 0.4) is 0 Å². The van der Waals surface area contributed by atoms with Crippen LogP contribution in [0.5, 0.6) is 0 Å². The molecule has 0 bridgehead atoms. The molecule has 0 radical (unpaired) electrons. The molecule has 5 heteroatoms. The predicted octanol–water partition coefficient (Wildman–Crippen LogP) is 2.10. The smallest absolute Gasteiger partial charge is 0.294 e. The number of Topliss-reactive ketones (excluding diaryl/α,β-unsaturated/α-hetero) is 1. The number of carbonyl (C=O) groups is 2. The lowest BCUT2D eigenvalue weighted by Gasteiger charge is -2.27. The molecule has 0 unspecified atom stereocenters. The molecule has 1 aliphatic rings. The van der Waals surface area contributed by atoms with Gasteiger partial charge >= 0.3 is 0 Å². The van der Waals surface area contributed by atoms with E-state index >= 15 is 0 Å². The summed E-state index contributed by atoms with van der Waals surface area (Å²) in [5.41, 5.74) is 1.45. The Labute approximate surface area is 108 Å². The lowest BCUT2D eigenvalue weighted by atomic mass is 10.1. The van der Waals surface area contributed by atoms with Crippen molar-refractivity contribution in [1.82, 2.24) is 4.98 Å². The maximum Gasteiger partial charge on any atom is 0.294 e. The first-order chi connectivity index (χ1) is 8.13. The number of fused-ring (bicyclic) bond motifs is 1. The Balaban J connectivity index is 2.39. The molecule has 0 saturated carbocycles. The minimum Gasteiger partial charge on any atom is -0.304 e. The van der Waals surface area contributed by atoms with Gasteiger partial charge in [-0.3, -0.25) is 14.6 Å². The molecule has 2 rings (SSSR count). The van der Waals surface area contributed by atoms with E-state index in [-0.39, 0.29) is 12.2 Å². The third-order valence-electron chi connectivity index (χ3n) is 2.75. The Morgan fingerprint density at radius 1 is 1.47 bits per heavy atom. The van der Waals surface area contributed by atoms with E-state index in [4.69, 9.17) is 0 Å². The van der Waals surface area contributed by atoms with Crippen LogP contribution in [0.25, 0.3) is 0 Å². The van der Waals surface area contributed by atoms with Gasteiger partial charge in [0.2, 0.25) is 5.78 Å². The maximum atomic E-state index is 11.8. The van der Waals surface area contributed by atoms with Crippen molar-refractivity contribution in [3.63, 3.8) is 0 Å². The second kappa shape index (κ2) is 4.96. The maximum absolute atomic E-state index is 11.8. The average Bonchev–Trinajstić information content (AvgIpc) is 2.31. The van der Waals surface area contributed by atoms with Crippen molar-refractivity contribution in [3.05, 3.63) is 22.4 Å². The number of anilines is 1. The van der Waals surface area contributed by atoms with E-state index in [1.165, 1.54) is 0 Å². The molecule has 2 heterocycles. The van der Waals surface area contributed by atoms with Crippen LogP contribution in [-0.4, -0.2) is 23.2 Å². The number of unbranched alkanes of at least 4 members (excludes halogenated alkanes) is 1. The van der Waals surface area contributed by atoms with Crippen molar-refractivity contribution in [2.45, 2.75) is 26.2 Å². The van der Waals surface area contributed by atoms with Crippen LogP contribution in [0, 0.1) is 0 Å². The highest BCUT2D eigenvalue weighted by Gasteiger charge is 2.31. The largest absolute Gasteiger partial charge is 0.304 e. The van der Waals surface area contributed by atoms with Crippen molar-refractivity contribution in [2.75, 3.05) is 11.4 Å². The van der Waals surface area contributed by atoms with Crippen molar-refractivity contribution in [3.8, 4) is 0 Å². The highest BCUT2D eigenvalue weighted by atomic mass is 79.9. The minimum atomic E-state index is -0.411. The molecule has 17 heavy (non-hydrogen) atoms. The van der Waals surface area contributed by atoms with Gasteiger partial charge in [0, 0.05) is 17.2 Å². The summed E-state index contributed by atoms with van der Waals surface area (Å²) in [6.45, 7) is 2.63. The first-order valence-electron chi connectivity index (χ1n) is 5.62. The fourth-order valence-corrected chi connectivity index (χ4v) is 2.17. The minimum absolute atomic E-state index is 0.115. The molecule has 0 spiro atoms. The molecule has 0 aliphatic carbocycles. The number of rotatable bonds is 3. The number of hydrogen-bond acceptors (Lipinski definition) is 3. The van der Waals surface area contributed by atoms with Crippen molar-refractivity contribution < 1.29 is 9.59 Å². The summed E-state index contributed by atoms with van der Waals surface area (Å²) in [5.74, 6) is -0.783. The predicted molar refractivity (Wildman–Crippen MR) is 67.9 cm³/mol. The Morgan fingerprint density at radius 2 is 2.24 bits per heavy atom. The second-order valence-electron chi connectivity index (χ2n) is 4.03. The Kier molecular flexibility index (Phi) is 3.57. The highest BCUT2D eigenvalue weighted by Crippen LogP contribution is 2.27. The zero-order valence-electron chi connectivity index (χ0n) is 9.57. The Bertz CT molecular complexity index is 474. The third-order valence-corrected chi connectivity index (χ3v) is 3.19. The number of aromatic nitrogens is 1. The van der Waals surface area contributed by atoms with Gasteiger partial charge in [-0.1, -0.05) is 13.3 Å². The van der Waals surface area contributed by atoms with Gasteiger partial charge in [-0.05, 0) is 28.4 Å². The van der Waals surface area contributed by atoms with E-state index in [2.05, 4.69) is 27.8 Å². The quantitative estimate of drug-likeness (QED) is 0.803. The summed E-state index contributed by atoms with van der Waals surface area (Å²) in [5, 5.41) is 0. The number of halogens is 1. The van der Waals surface area contributed by atoms with E-state index in [1.807, 2.05) is 6.07 Å². The van der Waals surface area contributed by atoms with E-state index in [0.717, 1.165) is 23.0 Å². The van der Waals surface area contributed by atoms with Crippen LogP contribution < -0.4 is 4.90 Å². The first-order valence-corrected chi connectivity index (χ1v) is 6.42. The molecular formula is C12H13BrN2O2. The normalized spacial score (nSPS) is 15.1. The molecule has 0 N–H and O–H groups in total. The Morgan fingerprint density at radius 3 is 2.94 bits per heavy atom. The van der Waals surface area contributed by atoms with Crippen LogP contribution in [0.4, 0.5) is 5.69 Å². The average molecular weight is 297 g/mol. The SMILES string of the molecule is CCCCN1C(=O)C(=O)Cc2ncc(Br)cc21. The fourth-order valence-electron chi connectivity index (χ4n) is 1.85. The van der Waals surface area contributed by atoms with Crippen LogP contribution >= 0.6 is 15.9 Å². The molecule has 1 aromatic rings. The molecule has 90 valence electrons.